The summed E-state index contributed by atoms with van der Waals surface area (Å²) in [6.07, 6.45) is 7.57. The van der Waals surface area contributed by atoms with Gasteiger partial charge in [0.2, 0.25) is 0 Å². The van der Waals surface area contributed by atoms with Gasteiger partial charge in [0.25, 0.3) is 0 Å². The van der Waals surface area contributed by atoms with E-state index in [2.05, 4.69) is 4.90 Å². The molecule has 3 nitrogen and oxygen atoms in total. The van der Waals surface area contributed by atoms with Crippen molar-refractivity contribution in [2.24, 2.45) is 5.41 Å². The predicted molar refractivity (Wildman–Crippen MR) is 58.8 cm³/mol. The molecule has 2 saturated carbocycles. The molecule has 0 amide bonds. The number of hydrogen-bond donors (Lipinski definition) is 1. The first-order valence-corrected chi connectivity index (χ1v) is 5.92. The van der Waals surface area contributed by atoms with Crippen LogP contribution in [0.3, 0.4) is 0 Å². The van der Waals surface area contributed by atoms with Crippen molar-refractivity contribution in [1.29, 1.82) is 0 Å². The number of aliphatic carboxylic acids is 1. The van der Waals surface area contributed by atoms with Gasteiger partial charge in [-0.05, 0) is 45.2 Å². The zero-order chi connectivity index (χ0) is 11.1. The van der Waals surface area contributed by atoms with Gasteiger partial charge in [-0.2, -0.15) is 0 Å². The van der Waals surface area contributed by atoms with Gasteiger partial charge in [0.05, 0.1) is 6.42 Å². The highest BCUT2D eigenvalue weighted by Crippen LogP contribution is 2.61. The minimum Gasteiger partial charge on any atom is -0.481 e. The van der Waals surface area contributed by atoms with E-state index in [4.69, 9.17) is 5.11 Å². The maximum absolute atomic E-state index is 11.1. The predicted octanol–water partition coefficient (Wildman–Crippen LogP) is 2.12. The lowest BCUT2D eigenvalue weighted by molar-refractivity contribution is -0.145. The maximum Gasteiger partial charge on any atom is 0.305 e. The summed E-state index contributed by atoms with van der Waals surface area (Å²) in [5.41, 5.74) is 0.270. The lowest BCUT2D eigenvalue weighted by Gasteiger charge is -2.55. The summed E-state index contributed by atoms with van der Waals surface area (Å²) in [7, 11) is 4.10. The number of carboxylic acids is 1. The molecule has 1 atom stereocenters. The molecule has 2 fully saturated rings. The van der Waals surface area contributed by atoms with Crippen molar-refractivity contribution >= 4 is 5.97 Å². The third-order valence-electron chi connectivity index (χ3n) is 4.84. The van der Waals surface area contributed by atoms with Crippen LogP contribution in [0.25, 0.3) is 0 Å². The summed E-state index contributed by atoms with van der Waals surface area (Å²) in [5.74, 6) is -0.642. The Morgan fingerprint density at radius 3 is 2.13 bits per heavy atom. The van der Waals surface area contributed by atoms with Crippen LogP contribution in [0.4, 0.5) is 0 Å². The van der Waals surface area contributed by atoms with Crippen molar-refractivity contribution in [2.75, 3.05) is 14.1 Å². The van der Waals surface area contributed by atoms with Crippen molar-refractivity contribution in [3.05, 3.63) is 0 Å². The van der Waals surface area contributed by atoms with Crippen LogP contribution >= 0.6 is 0 Å². The fraction of sp³-hybridized carbons (Fsp3) is 0.917. The van der Waals surface area contributed by atoms with Crippen LogP contribution in [0.2, 0.25) is 0 Å². The Hall–Kier alpha value is -0.570. The van der Waals surface area contributed by atoms with Crippen LogP contribution in [-0.2, 0) is 4.79 Å². The molecule has 0 aliphatic heterocycles. The Kier molecular flexibility index (Phi) is 2.53. The molecule has 1 spiro atoms. The van der Waals surface area contributed by atoms with Crippen LogP contribution in [0.1, 0.15) is 44.9 Å². The van der Waals surface area contributed by atoms with Gasteiger partial charge in [-0.1, -0.05) is 12.8 Å². The van der Waals surface area contributed by atoms with E-state index in [0.717, 1.165) is 6.42 Å². The van der Waals surface area contributed by atoms with Crippen LogP contribution < -0.4 is 0 Å². The molecule has 2 aliphatic carbocycles. The minimum absolute atomic E-state index is 0.0584. The van der Waals surface area contributed by atoms with Gasteiger partial charge in [-0.15, -0.1) is 0 Å². The number of carboxylic acid groups (broad SMARTS) is 1. The highest BCUT2D eigenvalue weighted by molar-refractivity contribution is 5.69. The highest BCUT2D eigenvalue weighted by atomic mass is 16.4. The molecule has 0 aromatic carbocycles. The molecule has 2 aliphatic rings. The quantitative estimate of drug-likeness (QED) is 0.777. The summed E-state index contributed by atoms with van der Waals surface area (Å²) in [6, 6.07) is 0. The van der Waals surface area contributed by atoms with Gasteiger partial charge >= 0.3 is 5.97 Å². The summed E-state index contributed by atoms with van der Waals surface area (Å²) in [5, 5.41) is 9.11. The summed E-state index contributed by atoms with van der Waals surface area (Å²) >= 11 is 0. The SMILES string of the molecule is CN(C)C1(CC(=O)O)CCCC12CCC2. The lowest BCUT2D eigenvalue weighted by Crippen LogP contribution is -2.58. The summed E-state index contributed by atoms with van der Waals surface area (Å²) in [6.45, 7) is 0. The molecule has 1 unspecified atom stereocenters. The molecule has 0 aromatic heterocycles. The van der Waals surface area contributed by atoms with Crippen LogP contribution in [0.15, 0.2) is 0 Å². The van der Waals surface area contributed by atoms with Crippen molar-refractivity contribution in [2.45, 2.75) is 50.5 Å². The van der Waals surface area contributed by atoms with Crippen LogP contribution in [-0.4, -0.2) is 35.6 Å². The zero-order valence-corrected chi connectivity index (χ0v) is 9.75. The van der Waals surface area contributed by atoms with E-state index < -0.39 is 5.97 Å². The average Bonchev–Trinajstić information content (AvgIpc) is 2.42. The molecule has 15 heavy (non-hydrogen) atoms. The lowest BCUT2D eigenvalue weighted by atomic mass is 9.57. The van der Waals surface area contributed by atoms with Gasteiger partial charge in [-0.3, -0.25) is 4.79 Å². The van der Waals surface area contributed by atoms with E-state index in [-0.39, 0.29) is 5.54 Å². The van der Waals surface area contributed by atoms with E-state index in [1.54, 1.807) is 0 Å². The van der Waals surface area contributed by atoms with Crippen molar-refractivity contribution in [3.63, 3.8) is 0 Å². The normalized spacial score (nSPS) is 33.3. The Morgan fingerprint density at radius 2 is 1.73 bits per heavy atom. The largest absolute Gasteiger partial charge is 0.481 e. The average molecular weight is 211 g/mol. The van der Waals surface area contributed by atoms with E-state index >= 15 is 0 Å². The summed E-state index contributed by atoms with van der Waals surface area (Å²) < 4.78 is 0. The molecule has 0 bridgehead atoms. The third kappa shape index (κ3) is 1.40. The molecule has 0 aromatic rings. The molecule has 3 heteroatoms. The van der Waals surface area contributed by atoms with Crippen molar-refractivity contribution < 1.29 is 9.90 Å². The van der Waals surface area contributed by atoms with Crippen LogP contribution in [0.5, 0.6) is 0 Å². The molecule has 1 N–H and O–H groups in total. The number of hydrogen-bond acceptors (Lipinski definition) is 2. The Morgan fingerprint density at radius 1 is 1.20 bits per heavy atom. The van der Waals surface area contributed by atoms with Gasteiger partial charge < -0.3 is 10.0 Å². The topological polar surface area (TPSA) is 40.5 Å². The Balaban J connectivity index is 2.28. The minimum atomic E-state index is -0.642. The van der Waals surface area contributed by atoms with Gasteiger partial charge in [0, 0.05) is 5.54 Å². The third-order valence-corrected chi connectivity index (χ3v) is 4.84. The van der Waals surface area contributed by atoms with Crippen molar-refractivity contribution in [1.82, 2.24) is 4.90 Å². The first-order valence-electron chi connectivity index (χ1n) is 5.92. The maximum atomic E-state index is 11.1. The molecular formula is C12H21NO2. The number of rotatable bonds is 3. The molecule has 0 heterocycles. The standard InChI is InChI=1S/C12H21NO2/c1-13(2)12(9-10(14)15)8-4-7-11(12)5-3-6-11/h3-9H2,1-2H3,(H,14,15). The fourth-order valence-electron chi connectivity index (χ4n) is 3.92. The summed E-state index contributed by atoms with van der Waals surface area (Å²) in [4.78, 5) is 13.3. The second kappa shape index (κ2) is 3.48. The fourth-order valence-corrected chi connectivity index (χ4v) is 3.92. The first kappa shape index (κ1) is 10.9. The van der Waals surface area contributed by atoms with E-state index in [9.17, 15) is 4.79 Å². The Bertz CT molecular complexity index is 271. The van der Waals surface area contributed by atoms with E-state index in [1.165, 1.54) is 32.1 Å². The Labute approximate surface area is 91.5 Å². The van der Waals surface area contributed by atoms with Crippen molar-refractivity contribution in [3.8, 4) is 0 Å². The molecule has 2 rings (SSSR count). The first-order chi connectivity index (χ1) is 7.02. The molecule has 0 radical (unpaired) electrons. The second-order valence-corrected chi connectivity index (χ2v) is 5.48. The smallest absolute Gasteiger partial charge is 0.305 e. The molecule has 0 saturated heterocycles. The van der Waals surface area contributed by atoms with E-state index in [1.807, 2.05) is 14.1 Å². The number of carbonyl (C=O) groups is 1. The molecular weight excluding hydrogens is 190 g/mol. The van der Waals surface area contributed by atoms with Gasteiger partial charge in [0.1, 0.15) is 0 Å². The van der Waals surface area contributed by atoms with Gasteiger partial charge in [0.15, 0.2) is 0 Å². The van der Waals surface area contributed by atoms with Gasteiger partial charge in [-0.25, -0.2) is 0 Å². The zero-order valence-electron chi connectivity index (χ0n) is 9.75. The monoisotopic (exact) mass is 211 g/mol. The van der Waals surface area contributed by atoms with Crippen LogP contribution in [0, 0.1) is 5.41 Å². The second-order valence-electron chi connectivity index (χ2n) is 5.48. The van der Waals surface area contributed by atoms with E-state index in [0.29, 0.717) is 11.8 Å². The number of nitrogens with zero attached hydrogens (tertiary/aromatic N) is 1. The highest BCUT2D eigenvalue weighted by Gasteiger charge is 2.59. The molecule has 86 valence electrons.